The number of rotatable bonds is 3. The number of benzene rings is 2. The molecule has 0 amide bonds. The van der Waals surface area contributed by atoms with E-state index in [1.165, 1.54) is 5.56 Å². The van der Waals surface area contributed by atoms with Gasteiger partial charge in [-0.05, 0) is 36.8 Å². The maximum Gasteiger partial charge on any atom is 0.179 e. The van der Waals surface area contributed by atoms with E-state index in [0.717, 1.165) is 23.4 Å². The summed E-state index contributed by atoms with van der Waals surface area (Å²) < 4.78 is 11.3. The van der Waals surface area contributed by atoms with Gasteiger partial charge in [-0.2, -0.15) is 0 Å². The Balaban J connectivity index is 1.75. The van der Waals surface area contributed by atoms with Gasteiger partial charge in [-0.25, -0.2) is 0 Å². The molecule has 0 saturated carbocycles. The number of hydrogen-bond acceptors (Lipinski definition) is 3. The van der Waals surface area contributed by atoms with Gasteiger partial charge in [0.15, 0.2) is 11.5 Å². The van der Waals surface area contributed by atoms with Crippen LogP contribution in [-0.2, 0) is 6.54 Å². The van der Waals surface area contributed by atoms with Gasteiger partial charge in [-0.3, -0.25) is 0 Å². The third-order valence-electron chi connectivity index (χ3n) is 3.41. The van der Waals surface area contributed by atoms with E-state index in [4.69, 9.17) is 21.1 Å². The summed E-state index contributed by atoms with van der Waals surface area (Å²) in [4.78, 5) is 0. The Bertz CT molecular complexity index is 625. The van der Waals surface area contributed by atoms with Crippen LogP contribution < -0.4 is 14.8 Å². The first kappa shape index (κ1) is 14.1. The Morgan fingerprint density at radius 3 is 2.67 bits per heavy atom. The fraction of sp³-hybridized carbons (Fsp3) is 0.294. The molecule has 0 spiro atoms. The van der Waals surface area contributed by atoms with E-state index in [-0.39, 0.29) is 0 Å². The van der Waals surface area contributed by atoms with Crippen LogP contribution in [0.15, 0.2) is 36.4 Å². The largest absolute Gasteiger partial charge is 0.489 e. The molecule has 3 nitrogen and oxygen atoms in total. The predicted molar refractivity (Wildman–Crippen MR) is 85.6 cm³/mol. The van der Waals surface area contributed by atoms with E-state index in [0.29, 0.717) is 30.5 Å². The molecule has 0 bridgehead atoms. The van der Waals surface area contributed by atoms with Crippen LogP contribution in [0.1, 0.15) is 17.5 Å². The van der Waals surface area contributed by atoms with Crippen LogP contribution in [0.25, 0.3) is 0 Å². The van der Waals surface area contributed by atoms with Crippen molar-refractivity contribution in [3.05, 3.63) is 52.5 Å². The van der Waals surface area contributed by atoms with Crippen molar-refractivity contribution < 1.29 is 9.47 Å². The second kappa shape index (κ2) is 6.27. The van der Waals surface area contributed by atoms with Crippen LogP contribution >= 0.6 is 11.6 Å². The highest BCUT2D eigenvalue weighted by Crippen LogP contribution is 2.38. The Morgan fingerprint density at radius 1 is 1.10 bits per heavy atom. The molecule has 2 aromatic rings. The molecule has 1 aliphatic heterocycles. The van der Waals surface area contributed by atoms with Crippen LogP contribution in [-0.4, -0.2) is 13.2 Å². The van der Waals surface area contributed by atoms with Crippen LogP contribution in [0.4, 0.5) is 5.69 Å². The smallest absolute Gasteiger partial charge is 0.179 e. The fourth-order valence-electron chi connectivity index (χ4n) is 2.26. The van der Waals surface area contributed by atoms with Crippen LogP contribution in [0.2, 0.25) is 5.02 Å². The summed E-state index contributed by atoms with van der Waals surface area (Å²) in [6, 6.07) is 12.2. The summed E-state index contributed by atoms with van der Waals surface area (Å²) in [6.07, 6.45) is 0.877. The third kappa shape index (κ3) is 3.42. The van der Waals surface area contributed by atoms with Crippen molar-refractivity contribution >= 4 is 17.3 Å². The molecule has 1 N–H and O–H groups in total. The zero-order chi connectivity index (χ0) is 14.7. The molecule has 0 aromatic heterocycles. The highest BCUT2D eigenvalue weighted by molar-refractivity contribution is 6.32. The van der Waals surface area contributed by atoms with Crippen molar-refractivity contribution in [1.29, 1.82) is 0 Å². The van der Waals surface area contributed by atoms with Crippen molar-refractivity contribution in [2.75, 3.05) is 18.5 Å². The second-order valence-electron chi connectivity index (χ2n) is 5.17. The first-order chi connectivity index (χ1) is 10.2. The Hall–Kier alpha value is -1.87. The molecule has 0 radical (unpaired) electrons. The SMILES string of the molecule is Cc1ccc(NCc2cc(Cl)c3c(c2)OCCCO3)cc1. The van der Waals surface area contributed by atoms with Gasteiger partial charge in [0, 0.05) is 18.7 Å². The summed E-state index contributed by atoms with van der Waals surface area (Å²) in [7, 11) is 0. The monoisotopic (exact) mass is 303 g/mol. The topological polar surface area (TPSA) is 30.5 Å². The van der Waals surface area contributed by atoms with E-state index in [2.05, 4.69) is 36.5 Å². The van der Waals surface area contributed by atoms with Gasteiger partial charge in [0.2, 0.25) is 0 Å². The number of fused-ring (bicyclic) bond motifs is 1. The van der Waals surface area contributed by atoms with E-state index >= 15 is 0 Å². The zero-order valence-electron chi connectivity index (χ0n) is 12.0. The summed E-state index contributed by atoms with van der Waals surface area (Å²) in [5.74, 6) is 1.40. The highest BCUT2D eigenvalue weighted by atomic mass is 35.5. The summed E-state index contributed by atoms with van der Waals surface area (Å²) in [5.41, 5.74) is 3.41. The van der Waals surface area contributed by atoms with E-state index in [1.807, 2.05) is 12.1 Å². The minimum absolute atomic E-state index is 0.607. The lowest BCUT2D eigenvalue weighted by Gasteiger charge is -2.12. The molecular weight excluding hydrogens is 286 g/mol. The standard InChI is InChI=1S/C17H18ClNO2/c1-12-3-5-14(6-4-12)19-11-13-9-15(18)17-16(10-13)20-7-2-8-21-17/h3-6,9-10,19H,2,7-8,11H2,1H3. The average Bonchev–Trinajstić information content (AvgIpc) is 2.72. The average molecular weight is 304 g/mol. The first-order valence-electron chi connectivity index (χ1n) is 7.11. The Morgan fingerprint density at radius 2 is 1.86 bits per heavy atom. The lowest BCUT2D eigenvalue weighted by molar-refractivity contribution is 0.297. The van der Waals surface area contributed by atoms with Gasteiger partial charge in [0.1, 0.15) is 0 Å². The van der Waals surface area contributed by atoms with E-state index in [1.54, 1.807) is 0 Å². The molecule has 1 aliphatic rings. The molecular formula is C17H18ClNO2. The van der Waals surface area contributed by atoms with Gasteiger partial charge in [-0.1, -0.05) is 29.3 Å². The molecule has 0 unspecified atom stereocenters. The minimum Gasteiger partial charge on any atom is -0.489 e. The number of hydrogen-bond donors (Lipinski definition) is 1. The molecule has 0 atom stereocenters. The molecule has 21 heavy (non-hydrogen) atoms. The Kier molecular flexibility index (Phi) is 4.20. The van der Waals surface area contributed by atoms with Gasteiger partial charge in [0.25, 0.3) is 0 Å². The third-order valence-corrected chi connectivity index (χ3v) is 3.69. The quantitative estimate of drug-likeness (QED) is 0.910. The van der Waals surface area contributed by atoms with Crippen molar-refractivity contribution in [2.45, 2.75) is 19.9 Å². The number of anilines is 1. The molecule has 4 heteroatoms. The minimum atomic E-state index is 0.607. The molecule has 2 aromatic carbocycles. The van der Waals surface area contributed by atoms with E-state index < -0.39 is 0 Å². The first-order valence-corrected chi connectivity index (χ1v) is 7.49. The summed E-state index contributed by atoms with van der Waals surface area (Å²) in [5, 5.41) is 3.99. The van der Waals surface area contributed by atoms with Crippen molar-refractivity contribution in [1.82, 2.24) is 0 Å². The van der Waals surface area contributed by atoms with Gasteiger partial charge >= 0.3 is 0 Å². The van der Waals surface area contributed by atoms with Crippen LogP contribution in [0.5, 0.6) is 11.5 Å². The zero-order valence-corrected chi connectivity index (χ0v) is 12.7. The predicted octanol–water partition coefficient (Wildman–Crippen LogP) is 4.42. The molecule has 0 aliphatic carbocycles. The summed E-state index contributed by atoms with van der Waals surface area (Å²) >= 11 is 6.29. The Labute approximate surface area is 129 Å². The van der Waals surface area contributed by atoms with Gasteiger partial charge < -0.3 is 14.8 Å². The highest BCUT2D eigenvalue weighted by Gasteiger charge is 2.15. The number of nitrogens with one attached hydrogen (secondary N) is 1. The number of halogens is 1. The second-order valence-corrected chi connectivity index (χ2v) is 5.58. The summed E-state index contributed by atoms with van der Waals surface area (Å²) in [6.45, 7) is 4.08. The normalized spacial score (nSPS) is 13.6. The molecule has 3 rings (SSSR count). The molecule has 1 heterocycles. The van der Waals surface area contributed by atoms with Crippen molar-refractivity contribution in [2.24, 2.45) is 0 Å². The number of aryl methyl sites for hydroxylation is 1. The maximum absolute atomic E-state index is 6.29. The fourth-order valence-corrected chi connectivity index (χ4v) is 2.55. The molecule has 110 valence electrons. The van der Waals surface area contributed by atoms with Gasteiger partial charge in [0.05, 0.1) is 18.2 Å². The lowest BCUT2D eigenvalue weighted by atomic mass is 10.2. The number of ether oxygens (including phenoxy) is 2. The van der Waals surface area contributed by atoms with Crippen molar-refractivity contribution in [3.8, 4) is 11.5 Å². The van der Waals surface area contributed by atoms with Gasteiger partial charge in [-0.15, -0.1) is 0 Å². The van der Waals surface area contributed by atoms with Crippen LogP contribution in [0, 0.1) is 6.92 Å². The molecule has 0 saturated heterocycles. The van der Waals surface area contributed by atoms with Crippen molar-refractivity contribution in [3.63, 3.8) is 0 Å². The van der Waals surface area contributed by atoms with E-state index in [9.17, 15) is 0 Å². The van der Waals surface area contributed by atoms with Crippen LogP contribution in [0.3, 0.4) is 0 Å². The molecule has 0 fully saturated rings. The maximum atomic E-state index is 6.29. The lowest BCUT2D eigenvalue weighted by Crippen LogP contribution is -2.01.